The van der Waals surface area contributed by atoms with Crippen molar-refractivity contribution in [3.05, 3.63) is 41.1 Å². The Morgan fingerprint density at radius 1 is 1.33 bits per heavy atom. The largest absolute Gasteiger partial charge is 0.634 e. The Hall–Kier alpha value is -0.900. The zero-order chi connectivity index (χ0) is 10.9. The first-order valence-corrected chi connectivity index (χ1v) is 5.30. The summed E-state index contributed by atoms with van der Waals surface area (Å²) in [6.07, 6.45) is 0. The summed E-state index contributed by atoms with van der Waals surface area (Å²) in [7, 11) is 0. The second-order valence-electron chi connectivity index (χ2n) is 4.68. The minimum Gasteiger partial charge on any atom is -0.634 e. The van der Waals surface area contributed by atoms with Crippen LogP contribution in [0.5, 0.6) is 0 Å². The van der Waals surface area contributed by atoms with Crippen LogP contribution in [0.4, 0.5) is 0 Å². The number of hydrogen-bond acceptors (Lipinski definition) is 2. The second-order valence-corrected chi connectivity index (χ2v) is 4.68. The van der Waals surface area contributed by atoms with Crippen molar-refractivity contribution < 1.29 is 9.80 Å². The Kier molecular flexibility index (Phi) is 2.78. The molecule has 1 aromatic carbocycles. The van der Waals surface area contributed by atoms with Crippen molar-refractivity contribution in [2.75, 3.05) is 13.2 Å². The van der Waals surface area contributed by atoms with Crippen molar-refractivity contribution in [3.63, 3.8) is 0 Å². The molecule has 0 radical (unpaired) electrons. The van der Waals surface area contributed by atoms with E-state index in [1.807, 2.05) is 44.2 Å². The highest BCUT2D eigenvalue weighted by Gasteiger charge is 2.34. The first-order valence-electron chi connectivity index (χ1n) is 5.30. The van der Waals surface area contributed by atoms with E-state index in [0.717, 1.165) is 5.56 Å². The van der Waals surface area contributed by atoms with E-state index in [1.165, 1.54) is 0 Å². The maximum atomic E-state index is 11.9. The van der Waals surface area contributed by atoms with Gasteiger partial charge in [-0.25, -0.2) is 0 Å². The molecule has 82 valence electrons. The summed E-state index contributed by atoms with van der Waals surface area (Å²) >= 11 is 0. The number of benzene rings is 1. The van der Waals surface area contributed by atoms with Gasteiger partial charge >= 0.3 is 0 Å². The molecule has 1 aliphatic heterocycles. The van der Waals surface area contributed by atoms with Crippen LogP contribution in [0.15, 0.2) is 30.3 Å². The predicted octanol–water partition coefficient (Wildman–Crippen LogP) is 0.919. The molecule has 0 amide bonds. The lowest BCUT2D eigenvalue weighted by molar-refractivity contribution is -0.900. The standard InChI is InChI=1S/C12H17NO2/c1-12(2)9-13(14)11(8-15-12)10-6-4-3-5-7-10/h3-7,11,13H,8-9H2,1-2H3. The summed E-state index contributed by atoms with van der Waals surface area (Å²) in [5.41, 5.74) is 0.778. The molecule has 0 aromatic heterocycles. The molecule has 1 fully saturated rings. The van der Waals surface area contributed by atoms with Gasteiger partial charge in [-0.3, -0.25) is 0 Å². The fourth-order valence-corrected chi connectivity index (χ4v) is 1.96. The van der Waals surface area contributed by atoms with Crippen LogP contribution in [0, 0.1) is 5.21 Å². The maximum absolute atomic E-state index is 11.9. The minimum atomic E-state index is -0.289. The van der Waals surface area contributed by atoms with Gasteiger partial charge in [-0.05, 0) is 13.8 Å². The highest BCUT2D eigenvalue weighted by molar-refractivity contribution is 5.17. The summed E-state index contributed by atoms with van der Waals surface area (Å²) in [6.45, 7) is 4.95. The van der Waals surface area contributed by atoms with E-state index in [9.17, 15) is 5.21 Å². The smallest absolute Gasteiger partial charge is 0.137 e. The van der Waals surface area contributed by atoms with Crippen molar-refractivity contribution in [1.82, 2.24) is 0 Å². The molecule has 2 atom stereocenters. The summed E-state index contributed by atoms with van der Waals surface area (Å²) in [4.78, 5) is 0. The Morgan fingerprint density at radius 2 is 2.00 bits per heavy atom. The van der Waals surface area contributed by atoms with Crippen molar-refractivity contribution in [3.8, 4) is 0 Å². The third kappa shape index (κ3) is 2.37. The zero-order valence-electron chi connectivity index (χ0n) is 9.19. The van der Waals surface area contributed by atoms with Gasteiger partial charge in [-0.1, -0.05) is 30.3 Å². The molecular weight excluding hydrogens is 190 g/mol. The van der Waals surface area contributed by atoms with E-state index in [0.29, 0.717) is 13.2 Å². The van der Waals surface area contributed by atoms with Crippen LogP contribution in [-0.2, 0) is 4.74 Å². The lowest BCUT2D eigenvalue weighted by atomic mass is 10.0. The maximum Gasteiger partial charge on any atom is 0.137 e. The topological polar surface area (TPSA) is 36.7 Å². The predicted molar refractivity (Wildman–Crippen MR) is 58.4 cm³/mol. The van der Waals surface area contributed by atoms with Crippen LogP contribution in [0.3, 0.4) is 0 Å². The molecule has 1 heterocycles. The summed E-state index contributed by atoms with van der Waals surface area (Å²) in [5, 5.41) is 12.2. The van der Waals surface area contributed by atoms with Gasteiger partial charge in [0.2, 0.25) is 0 Å². The van der Waals surface area contributed by atoms with Crippen molar-refractivity contribution >= 4 is 0 Å². The fourth-order valence-electron chi connectivity index (χ4n) is 1.96. The molecule has 1 saturated heterocycles. The molecule has 1 aliphatic rings. The van der Waals surface area contributed by atoms with Crippen LogP contribution >= 0.6 is 0 Å². The lowest BCUT2D eigenvalue weighted by Gasteiger charge is -2.43. The SMILES string of the molecule is CC1(C)C[NH+]([O-])C(c2ccccc2)CO1. The van der Waals surface area contributed by atoms with Gasteiger partial charge in [0.25, 0.3) is 0 Å². The highest BCUT2D eigenvalue weighted by Crippen LogP contribution is 2.18. The van der Waals surface area contributed by atoms with E-state index in [2.05, 4.69) is 0 Å². The highest BCUT2D eigenvalue weighted by atomic mass is 16.5. The number of nitrogens with one attached hydrogen (secondary N) is 1. The minimum absolute atomic E-state index is 0.0702. The monoisotopic (exact) mass is 207 g/mol. The molecule has 3 heteroatoms. The molecule has 0 saturated carbocycles. The molecule has 1 aromatic rings. The van der Waals surface area contributed by atoms with E-state index in [4.69, 9.17) is 4.74 Å². The number of quaternary nitrogens is 1. The van der Waals surface area contributed by atoms with Gasteiger partial charge in [-0.2, -0.15) is 0 Å². The molecule has 0 bridgehead atoms. The quantitative estimate of drug-likeness (QED) is 0.695. The van der Waals surface area contributed by atoms with Crippen molar-refractivity contribution in [2.45, 2.75) is 25.5 Å². The number of hydrogen-bond donors (Lipinski definition) is 1. The van der Waals surface area contributed by atoms with Crippen LogP contribution < -0.4 is 5.06 Å². The molecular formula is C12H17NO2. The van der Waals surface area contributed by atoms with Crippen molar-refractivity contribution in [2.24, 2.45) is 0 Å². The third-order valence-electron chi connectivity index (χ3n) is 2.83. The molecule has 1 N–H and O–H groups in total. The summed E-state index contributed by atoms with van der Waals surface area (Å²) in [6, 6.07) is 9.79. The van der Waals surface area contributed by atoms with E-state index in [-0.39, 0.29) is 16.7 Å². The van der Waals surface area contributed by atoms with Gasteiger partial charge in [0.05, 0.1) is 0 Å². The van der Waals surface area contributed by atoms with E-state index >= 15 is 0 Å². The summed E-state index contributed by atoms with van der Waals surface area (Å²) < 4.78 is 5.68. The number of morpholine rings is 1. The average Bonchev–Trinajstić information content (AvgIpc) is 2.17. The molecule has 0 aliphatic carbocycles. The molecule has 2 rings (SSSR count). The Labute approximate surface area is 90.2 Å². The number of hydroxylamine groups is 2. The fraction of sp³-hybridized carbons (Fsp3) is 0.500. The van der Waals surface area contributed by atoms with Gasteiger partial charge in [0.15, 0.2) is 0 Å². The lowest BCUT2D eigenvalue weighted by Crippen LogP contribution is -3.11. The van der Waals surface area contributed by atoms with Gasteiger partial charge < -0.3 is 15.0 Å². The van der Waals surface area contributed by atoms with E-state index in [1.54, 1.807) is 0 Å². The second kappa shape index (κ2) is 3.93. The van der Waals surface area contributed by atoms with Gasteiger partial charge in [0.1, 0.15) is 24.8 Å². The van der Waals surface area contributed by atoms with Crippen LogP contribution in [0.25, 0.3) is 0 Å². The number of rotatable bonds is 1. The van der Waals surface area contributed by atoms with Crippen LogP contribution in [0.2, 0.25) is 0 Å². The Balaban J connectivity index is 2.13. The molecule has 2 unspecified atom stereocenters. The van der Waals surface area contributed by atoms with Gasteiger partial charge in [0, 0.05) is 5.56 Å². The Bertz CT molecular complexity index is 324. The third-order valence-corrected chi connectivity index (χ3v) is 2.83. The zero-order valence-corrected chi connectivity index (χ0v) is 9.19. The average molecular weight is 207 g/mol. The van der Waals surface area contributed by atoms with Gasteiger partial charge in [-0.15, -0.1) is 0 Å². The molecule has 3 nitrogen and oxygen atoms in total. The molecule has 0 spiro atoms. The summed E-state index contributed by atoms with van der Waals surface area (Å²) in [5.74, 6) is 0. The van der Waals surface area contributed by atoms with E-state index < -0.39 is 0 Å². The Morgan fingerprint density at radius 3 is 2.60 bits per heavy atom. The normalized spacial score (nSPS) is 30.1. The first kappa shape index (κ1) is 10.6. The first-order chi connectivity index (χ1) is 7.08. The molecule has 15 heavy (non-hydrogen) atoms. The van der Waals surface area contributed by atoms with Crippen molar-refractivity contribution in [1.29, 1.82) is 0 Å². The van der Waals surface area contributed by atoms with Crippen LogP contribution in [0.1, 0.15) is 25.5 Å². The number of ether oxygens (including phenoxy) is 1. The van der Waals surface area contributed by atoms with Crippen LogP contribution in [-0.4, -0.2) is 18.8 Å².